The van der Waals surface area contributed by atoms with Crippen LogP contribution in [0, 0.1) is 46.0 Å². The van der Waals surface area contributed by atoms with Crippen LogP contribution in [-0.2, 0) is 4.57 Å². The third-order valence-electron chi connectivity index (χ3n) is 4.88. The van der Waals surface area contributed by atoms with Crippen molar-refractivity contribution >= 4 is 13.3 Å². The highest BCUT2D eigenvalue weighted by atomic mass is 31.1. The molecule has 0 saturated heterocycles. The van der Waals surface area contributed by atoms with E-state index in [2.05, 4.69) is 34.6 Å². The van der Waals surface area contributed by atoms with E-state index < -0.39 is 7.80 Å². The average Bonchev–Trinajstić information content (AvgIpc) is 2.40. The first kappa shape index (κ1) is 20.0. The molecule has 0 N–H and O–H groups in total. The lowest BCUT2D eigenvalue weighted by Gasteiger charge is -2.20. The van der Waals surface area contributed by atoms with Gasteiger partial charge < -0.3 is 0 Å². The van der Waals surface area contributed by atoms with Gasteiger partial charge in [0.1, 0.15) is 0 Å². The van der Waals surface area contributed by atoms with Crippen molar-refractivity contribution in [3.63, 3.8) is 0 Å². The molecule has 1 aromatic carbocycles. The van der Waals surface area contributed by atoms with Crippen LogP contribution in [0.5, 0.6) is 0 Å². The van der Waals surface area contributed by atoms with Crippen LogP contribution in [0.3, 0.4) is 0 Å². The Hall–Kier alpha value is -1.01. The van der Waals surface area contributed by atoms with Gasteiger partial charge in [-0.15, -0.1) is 0 Å². The molecule has 0 amide bonds. The number of hydrogen-bond donors (Lipinski definition) is 0. The fourth-order valence-corrected chi connectivity index (χ4v) is 4.87. The molecule has 0 bridgehead atoms. The van der Waals surface area contributed by atoms with Crippen molar-refractivity contribution in [2.45, 2.75) is 68.7 Å². The van der Waals surface area contributed by atoms with Gasteiger partial charge in [0.2, 0.25) is 0 Å². The molecule has 1 rings (SSSR count). The van der Waals surface area contributed by atoms with E-state index in [1.54, 1.807) is 0 Å². The second-order valence-corrected chi connectivity index (χ2v) is 9.76. The molecular formula is C20H32O2P+. The number of benzene rings is 1. The number of rotatable bonds is 5. The summed E-state index contributed by atoms with van der Waals surface area (Å²) < 4.78 is 12.7. The van der Waals surface area contributed by atoms with Crippen molar-refractivity contribution in [1.29, 1.82) is 0 Å². The molecule has 0 aliphatic carbocycles. The lowest BCUT2D eigenvalue weighted by Crippen LogP contribution is -2.14. The first-order valence-electron chi connectivity index (χ1n) is 8.42. The van der Waals surface area contributed by atoms with E-state index in [1.165, 1.54) is 5.56 Å². The predicted molar refractivity (Wildman–Crippen MR) is 100 cm³/mol. The van der Waals surface area contributed by atoms with Crippen LogP contribution in [0.1, 0.15) is 72.3 Å². The van der Waals surface area contributed by atoms with Crippen molar-refractivity contribution in [2.24, 2.45) is 11.3 Å². The maximum atomic E-state index is 12.8. The first-order valence-corrected chi connectivity index (χ1v) is 9.87. The Morgan fingerprint density at radius 2 is 1.30 bits per heavy atom. The molecule has 128 valence electrons. The fraction of sp³-hybridized carbons (Fsp3) is 0.650. The largest absolute Gasteiger partial charge is 0.420 e. The van der Waals surface area contributed by atoms with Crippen molar-refractivity contribution in [3.05, 3.63) is 33.4 Å². The number of carbonyl (C=O) groups excluding carboxylic acids is 1. The molecular weight excluding hydrogens is 303 g/mol. The molecule has 0 aliphatic heterocycles. The summed E-state index contributed by atoms with van der Waals surface area (Å²) in [5, 5.41) is 0. The Bertz CT molecular complexity index is 607. The van der Waals surface area contributed by atoms with E-state index >= 15 is 0 Å². The second kappa shape index (κ2) is 7.26. The Labute approximate surface area is 142 Å². The molecule has 0 heterocycles. The molecule has 2 nitrogen and oxygen atoms in total. The predicted octanol–water partition coefficient (Wildman–Crippen LogP) is 6.27. The normalized spacial score (nSPS) is 13.9. The zero-order valence-corrected chi connectivity index (χ0v) is 17.1. The minimum atomic E-state index is -1.87. The van der Waals surface area contributed by atoms with Crippen molar-refractivity contribution in [3.8, 4) is 0 Å². The van der Waals surface area contributed by atoms with E-state index in [0.29, 0.717) is 11.7 Å². The quantitative estimate of drug-likeness (QED) is 0.594. The summed E-state index contributed by atoms with van der Waals surface area (Å²) in [6.07, 6.45) is 1.46. The van der Waals surface area contributed by atoms with E-state index in [4.69, 9.17) is 0 Å². The Morgan fingerprint density at radius 3 is 1.70 bits per heavy atom. The Kier molecular flexibility index (Phi) is 6.32. The summed E-state index contributed by atoms with van der Waals surface area (Å²) in [7, 11) is -1.87. The molecule has 23 heavy (non-hydrogen) atoms. The zero-order chi connectivity index (χ0) is 18.1. The van der Waals surface area contributed by atoms with Gasteiger partial charge in [-0.05, 0) is 74.3 Å². The van der Waals surface area contributed by atoms with E-state index in [9.17, 15) is 9.36 Å². The van der Waals surface area contributed by atoms with Crippen LogP contribution >= 0.6 is 7.80 Å². The highest BCUT2D eigenvalue weighted by Crippen LogP contribution is 2.37. The zero-order valence-electron chi connectivity index (χ0n) is 16.3. The maximum absolute atomic E-state index is 12.8. The average molecular weight is 335 g/mol. The molecule has 2 atom stereocenters. The maximum Gasteiger partial charge on any atom is 0.420 e. The fourth-order valence-electron chi connectivity index (χ4n) is 3.42. The van der Waals surface area contributed by atoms with Crippen molar-refractivity contribution in [2.75, 3.05) is 6.16 Å². The van der Waals surface area contributed by atoms with Crippen LogP contribution in [0.2, 0.25) is 0 Å². The standard InChI is InChI=1S/C20H32O2P/c1-12(10-20(7,8)9)11-23(22)19(21)18-16(5)14(3)13(2)15(4)17(18)6/h12H,10-11H2,1-9H3/q+1. The minimum Gasteiger partial charge on any atom is -0.234 e. The molecule has 0 aromatic heterocycles. The van der Waals surface area contributed by atoms with Gasteiger partial charge in [0, 0.05) is 5.92 Å². The smallest absolute Gasteiger partial charge is 0.234 e. The first-order chi connectivity index (χ1) is 10.4. The molecule has 0 spiro atoms. The second-order valence-electron chi connectivity index (χ2n) is 8.24. The molecule has 0 fully saturated rings. The highest BCUT2D eigenvalue weighted by Gasteiger charge is 2.35. The Morgan fingerprint density at radius 1 is 0.913 bits per heavy atom. The lowest BCUT2D eigenvalue weighted by molar-refractivity contribution is 0.107. The van der Waals surface area contributed by atoms with Gasteiger partial charge in [0.25, 0.3) is 0 Å². The van der Waals surface area contributed by atoms with Gasteiger partial charge in [-0.1, -0.05) is 32.3 Å². The molecule has 2 unspecified atom stereocenters. The minimum absolute atomic E-state index is 0.165. The van der Waals surface area contributed by atoms with E-state index in [1.807, 2.05) is 27.7 Å². The number of hydrogen-bond acceptors (Lipinski definition) is 2. The molecule has 3 heteroatoms. The summed E-state index contributed by atoms with van der Waals surface area (Å²) in [4.78, 5) is 12.8. The van der Waals surface area contributed by atoms with Crippen LogP contribution in [0.15, 0.2) is 0 Å². The summed E-state index contributed by atoms with van der Waals surface area (Å²) in [6, 6.07) is 0. The Balaban J connectivity index is 3.09. The van der Waals surface area contributed by atoms with Gasteiger partial charge >= 0.3 is 13.3 Å². The van der Waals surface area contributed by atoms with Crippen molar-refractivity contribution < 1.29 is 9.36 Å². The molecule has 0 saturated carbocycles. The summed E-state index contributed by atoms with van der Waals surface area (Å²) in [5.74, 6) is 0.288. The van der Waals surface area contributed by atoms with Crippen LogP contribution in [-0.4, -0.2) is 11.7 Å². The number of carbonyl (C=O) groups is 1. The monoisotopic (exact) mass is 335 g/mol. The topological polar surface area (TPSA) is 34.1 Å². The third-order valence-corrected chi connectivity index (χ3v) is 6.51. The van der Waals surface area contributed by atoms with Gasteiger partial charge in [0.15, 0.2) is 6.16 Å². The van der Waals surface area contributed by atoms with Gasteiger partial charge in [0.05, 0.1) is 5.56 Å². The third kappa shape index (κ3) is 4.73. The van der Waals surface area contributed by atoms with E-state index in [0.717, 1.165) is 28.7 Å². The summed E-state index contributed by atoms with van der Waals surface area (Å²) in [5.41, 5.74) is 6.21. The SMILES string of the molecule is Cc1c(C)c(C)c(C(=O)[P+](=O)CC(C)CC(C)(C)C)c(C)c1C. The van der Waals surface area contributed by atoms with Crippen LogP contribution in [0.25, 0.3) is 0 Å². The van der Waals surface area contributed by atoms with Crippen LogP contribution < -0.4 is 0 Å². The lowest BCUT2D eigenvalue weighted by atomic mass is 9.86. The van der Waals surface area contributed by atoms with Crippen molar-refractivity contribution in [1.82, 2.24) is 0 Å². The van der Waals surface area contributed by atoms with Crippen LogP contribution in [0.4, 0.5) is 0 Å². The summed E-state index contributed by atoms with van der Waals surface area (Å²) >= 11 is 0. The molecule has 1 aromatic rings. The van der Waals surface area contributed by atoms with Gasteiger partial charge in [-0.25, -0.2) is 4.79 Å². The summed E-state index contributed by atoms with van der Waals surface area (Å²) in [6.45, 7) is 18.8. The van der Waals surface area contributed by atoms with Gasteiger partial charge in [-0.2, -0.15) is 0 Å². The van der Waals surface area contributed by atoms with Gasteiger partial charge in [-0.3, -0.25) is 0 Å². The molecule has 0 radical (unpaired) electrons. The van der Waals surface area contributed by atoms with E-state index in [-0.39, 0.29) is 16.9 Å². The molecule has 0 aliphatic rings. The highest BCUT2D eigenvalue weighted by molar-refractivity contribution is 7.64.